The zero-order valence-corrected chi connectivity index (χ0v) is 10.8. The zero-order chi connectivity index (χ0) is 12.6. The highest BCUT2D eigenvalue weighted by molar-refractivity contribution is 5.68. The van der Waals surface area contributed by atoms with Gasteiger partial charge in [0, 0.05) is 0 Å². The normalized spacial score (nSPS) is 18.9. The van der Waals surface area contributed by atoms with Gasteiger partial charge in [-0.05, 0) is 73.8 Å². The molecule has 0 radical (unpaired) electrons. The van der Waals surface area contributed by atoms with Crippen molar-refractivity contribution in [3.05, 3.63) is 33.9 Å². The van der Waals surface area contributed by atoms with Crippen molar-refractivity contribution >= 4 is 5.97 Å². The van der Waals surface area contributed by atoms with E-state index in [1.54, 1.807) is 0 Å². The van der Waals surface area contributed by atoms with E-state index in [-0.39, 0.29) is 12.3 Å². The SMILES string of the molecule is Cc1cc2c(c(C)c1C)CCCC2CC(=O)O. The fourth-order valence-electron chi connectivity index (χ4n) is 2.97. The Kier molecular flexibility index (Phi) is 3.23. The lowest BCUT2D eigenvalue weighted by atomic mass is 9.77. The monoisotopic (exact) mass is 232 g/mol. The molecule has 1 unspecified atom stereocenters. The van der Waals surface area contributed by atoms with Gasteiger partial charge in [0.15, 0.2) is 0 Å². The first-order valence-corrected chi connectivity index (χ1v) is 6.32. The topological polar surface area (TPSA) is 37.3 Å². The van der Waals surface area contributed by atoms with E-state index < -0.39 is 5.97 Å². The quantitative estimate of drug-likeness (QED) is 0.847. The first kappa shape index (κ1) is 12.2. The van der Waals surface area contributed by atoms with Crippen LogP contribution in [0, 0.1) is 20.8 Å². The van der Waals surface area contributed by atoms with E-state index in [4.69, 9.17) is 5.11 Å². The average molecular weight is 232 g/mol. The minimum atomic E-state index is -0.682. The van der Waals surface area contributed by atoms with Gasteiger partial charge in [-0.2, -0.15) is 0 Å². The number of aryl methyl sites for hydroxylation is 1. The van der Waals surface area contributed by atoms with Crippen molar-refractivity contribution in [2.45, 2.75) is 52.4 Å². The molecule has 1 aromatic rings. The zero-order valence-electron chi connectivity index (χ0n) is 10.8. The second kappa shape index (κ2) is 4.52. The molecular formula is C15H20O2. The maximum absolute atomic E-state index is 10.9. The molecule has 17 heavy (non-hydrogen) atoms. The van der Waals surface area contributed by atoms with Gasteiger partial charge in [0.05, 0.1) is 6.42 Å². The van der Waals surface area contributed by atoms with Gasteiger partial charge in [-0.1, -0.05) is 6.07 Å². The van der Waals surface area contributed by atoms with Crippen LogP contribution in [0.1, 0.15) is 53.0 Å². The molecule has 0 saturated carbocycles. The van der Waals surface area contributed by atoms with E-state index in [9.17, 15) is 4.79 Å². The molecule has 0 spiro atoms. The third-order valence-corrected chi connectivity index (χ3v) is 4.17. The lowest BCUT2D eigenvalue weighted by molar-refractivity contribution is -0.137. The largest absolute Gasteiger partial charge is 0.481 e. The number of carboxylic acids is 1. The summed E-state index contributed by atoms with van der Waals surface area (Å²) in [7, 11) is 0. The van der Waals surface area contributed by atoms with Crippen molar-refractivity contribution in [2.24, 2.45) is 0 Å². The lowest BCUT2D eigenvalue weighted by Gasteiger charge is -2.27. The van der Waals surface area contributed by atoms with Crippen LogP contribution in [0.25, 0.3) is 0 Å². The Hall–Kier alpha value is -1.31. The van der Waals surface area contributed by atoms with Crippen molar-refractivity contribution in [2.75, 3.05) is 0 Å². The van der Waals surface area contributed by atoms with E-state index in [1.807, 2.05) is 0 Å². The first-order valence-electron chi connectivity index (χ1n) is 6.32. The molecule has 2 rings (SSSR count). The molecule has 2 heteroatoms. The molecule has 1 N–H and O–H groups in total. The van der Waals surface area contributed by atoms with Gasteiger partial charge in [0.2, 0.25) is 0 Å². The van der Waals surface area contributed by atoms with E-state index in [1.165, 1.54) is 27.8 Å². The first-order chi connectivity index (χ1) is 8.00. The Labute approximate surface area is 103 Å². The number of aliphatic carboxylic acids is 1. The summed E-state index contributed by atoms with van der Waals surface area (Å²) in [6.45, 7) is 6.45. The molecule has 1 aromatic carbocycles. The summed E-state index contributed by atoms with van der Waals surface area (Å²) in [4.78, 5) is 10.9. The van der Waals surface area contributed by atoms with Crippen molar-refractivity contribution in [1.29, 1.82) is 0 Å². The molecule has 1 aliphatic carbocycles. The second-order valence-electron chi connectivity index (χ2n) is 5.20. The third kappa shape index (κ3) is 2.21. The summed E-state index contributed by atoms with van der Waals surface area (Å²) in [6.07, 6.45) is 3.52. The van der Waals surface area contributed by atoms with Crippen molar-refractivity contribution in [1.82, 2.24) is 0 Å². The minimum Gasteiger partial charge on any atom is -0.481 e. The molecule has 92 valence electrons. The Bertz CT molecular complexity index is 460. The standard InChI is InChI=1S/C15H20O2/c1-9-7-14-12(8-15(16)17)5-4-6-13(14)11(3)10(9)2/h7,12H,4-6,8H2,1-3H3,(H,16,17). The van der Waals surface area contributed by atoms with Crippen LogP contribution in [-0.2, 0) is 11.2 Å². The number of fused-ring (bicyclic) bond motifs is 1. The highest BCUT2D eigenvalue weighted by atomic mass is 16.4. The Morgan fingerprint density at radius 1 is 1.35 bits per heavy atom. The number of rotatable bonds is 2. The fraction of sp³-hybridized carbons (Fsp3) is 0.533. The van der Waals surface area contributed by atoms with Crippen LogP contribution in [-0.4, -0.2) is 11.1 Å². The Morgan fingerprint density at radius 2 is 2.06 bits per heavy atom. The van der Waals surface area contributed by atoms with Crippen molar-refractivity contribution in [3.63, 3.8) is 0 Å². The van der Waals surface area contributed by atoms with E-state index in [0.717, 1.165) is 19.3 Å². The van der Waals surface area contributed by atoms with Crippen molar-refractivity contribution in [3.8, 4) is 0 Å². The smallest absolute Gasteiger partial charge is 0.303 e. The second-order valence-corrected chi connectivity index (χ2v) is 5.20. The minimum absolute atomic E-state index is 0.217. The summed E-state index contributed by atoms with van der Waals surface area (Å²) < 4.78 is 0. The van der Waals surface area contributed by atoms with Crippen LogP contribution in [0.3, 0.4) is 0 Å². The predicted molar refractivity (Wildman–Crippen MR) is 68.6 cm³/mol. The van der Waals surface area contributed by atoms with E-state index in [2.05, 4.69) is 26.8 Å². The van der Waals surface area contributed by atoms with Gasteiger partial charge < -0.3 is 5.11 Å². The molecule has 0 heterocycles. The van der Waals surface area contributed by atoms with Crippen LogP contribution >= 0.6 is 0 Å². The molecule has 0 amide bonds. The van der Waals surface area contributed by atoms with Gasteiger partial charge in [-0.15, -0.1) is 0 Å². The van der Waals surface area contributed by atoms with Crippen LogP contribution in [0.5, 0.6) is 0 Å². The maximum Gasteiger partial charge on any atom is 0.303 e. The van der Waals surface area contributed by atoms with Crippen molar-refractivity contribution < 1.29 is 9.90 Å². The fourth-order valence-corrected chi connectivity index (χ4v) is 2.97. The summed E-state index contributed by atoms with van der Waals surface area (Å²) in [5, 5.41) is 8.98. The average Bonchev–Trinajstić information content (AvgIpc) is 2.27. The van der Waals surface area contributed by atoms with Crippen LogP contribution in [0.15, 0.2) is 6.07 Å². The van der Waals surface area contributed by atoms with Gasteiger partial charge in [-0.25, -0.2) is 0 Å². The summed E-state index contributed by atoms with van der Waals surface area (Å²) in [5.41, 5.74) is 6.72. The maximum atomic E-state index is 10.9. The van der Waals surface area contributed by atoms with Gasteiger partial charge in [-0.3, -0.25) is 4.79 Å². The highest BCUT2D eigenvalue weighted by Crippen LogP contribution is 2.37. The third-order valence-electron chi connectivity index (χ3n) is 4.17. The Morgan fingerprint density at radius 3 is 2.71 bits per heavy atom. The summed E-state index contributed by atoms with van der Waals surface area (Å²) in [6, 6.07) is 2.21. The molecule has 2 nitrogen and oxygen atoms in total. The highest BCUT2D eigenvalue weighted by Gasteiger charge is 2.24. The predicted octanol–water partition coefficient (Wildman–Crippen LogP) is 3.51. The summed E-state index contributed by atoms with van der Waals surface area (Å²) in [5.74, 6) is -0.465. The van der Waals surface area contributed by atoms with E-state index >= 15 is 0 Å². The van der Waals surface area contributed by atoms with Crippen LogP contribution < -0.4 is 0 Å². The van der Waals surface area contributed by atoms with Gasteiger partial charge >= 0.3 is 5.97 Å². The molecular weight excluding hydrogens is 212 g/mol. The lowest BCUT2D eigenvalue weighted by Crippen LogP contribution is -2.15. The molecule has 0 aliphatic heterocycles. The number of benzene rings is 1. The Balaban J connectivity index is 2.48. The van der Waals surface area contributed by atoms with Crippen LogP contribution in [0.2, 0.25) is 0 Å². The van der Waals surface area contributed by atoms with Crippen LogP contribution in [0.4, 0.5) is 0 Å². The van der Waals surface area contributed by atoms with E-state index in [0.29, 0.717) is 0 Å². The number of hydrogen-bond donors (Lipinski definition) is 1. The molecule has 1 atom stereocenters. The molecule has 1 aliphatic rings. The van der Waals surface area contributed by atoms with Gasteiger partial charge in [0.25, 0.3) is 0 Å². The number of carbonyl (C=O) groups is 1. The molecule has 0 fully saturated rings. The molecule has 0 saturated heterocycles. The van der Waals surface area contributed by atoms with Gasteiger partial charge in [0.1, 0.15) is 0 Å². The molecule has 0 aromatic heterocycles. The number of hydrogen-bond acceptors (Lipinski definition) is 1. The summed E-state index contributed by atoms with van der Waals surface area (Å²) >= 11 is 0. The number of carboxylic acid groups (broad SMARTS) is 1. The molecule has 0 bridgehead atoms.